The Balaban J connectivity index is 1.90. The molecule has 2 aromatic carbocycles. The molecule has 2 aromatic rings. The molecule has 1 aliphatic carbocycles. The number of aliphatic hydroxyl groups is 2. The fourth-order valence-electron chi connectivity index (χ4n) is 4.30. The van der Waals surface area contributed by atoms with Gasteiger partial charge in [-0.3, -0.25) is 9.59 Å². The van der Waals surface area contributed by atoms with Crippen molar-refractivity contribution >= 4 is 34.4 Å². The maximum absolute atomic E-state index is 13.6. The number of amides is 2. The Morgan fingerprint density at radius 3 is 2.57 bits per heavy atom. The first-order chi connectivity index (χ1) is 17.9. The van der Waals surface area contributed by atoms with Gasteiger partial charge in [0.1, 0.15) is 18.0 Å². The van der Waals surface area contributed by atoms with Crippen LogP contribution in [0.5, 0.6) is 5.75 Å². The van der Waals surface area contributed by atoms with Gasteiger partial charge in [-0.05, 0) is 59.7 Å². The van der Waals surface area contributed by atoms with Crippen molar-refractivity contribution in [3.8, 4) is 5.75 Å². The number of rotatable bonds is 13. The first-order valence-electron chi connectivity index (χ1n) is 12.5. The molecule has 0 aliphatic heterocycles. The monoisotopic (exact) mass is 622 g/mol. The van der Waals surface area contributed by atoms with Crippen LogP contribution in [0.25, 0.3) is 0 Å². The number of carbonyl (C=O) groups excluding carboxylic acids is 2. The Kier molecular flexibility index (Phi) is 11.8. The molecule has 8 nitrogen and oxygen atoms in total. The number of benzene rings is 2. The summed E-state index contributed by atoms with van der Waals surface area (Å²) >= 11 is 2.16. The zero-order valence-electron chi connectivity index (χ0n) is 21.0. The highest BCUT2D eigenvalue weighted by atomic mass is 127. The fourth-order valence-corrected chi connectivity index (χ4v) is 4.81. The van der Waals surface area contributed by atoms with Crippen molar-refractivity contribution in [1.82, 2.24) is 10.2 Å². The lowest BCUT2D eigenvalue weighted by Crippen LogP contribution is -2.55. The predicted octanol–water partition coefficient (Wildman–Crippen LogP) is 2.70. The number of hydrogen-bond acceptors (Lipinski definition) is 6. The summed E-state index contributed by atoms with van der Waals surface area (Å²) in [5.74, 6) is 0.0848. The average Bonchev–Trinajstić information content (AvgIpc) is 2.90. The molecule has 37 heavy (non-hydrogen) atoms. The molecular weight excluding hydrogens is 587 g/mol. The first-order valence-corrected chi connectivity index (χ1v) is 13.6. The Hall–Kier alpha value is -2.47. The fraction of sp³-hybridized carbons (Fsp3) is 0.429. The maximum Gasteiger partial charge on any atom is 0.247 e. The molecule has 0 radical (unpaired) electrons. The Labute approximate surface area is 231 Å². The first kappa shape index (κ1) is 29.1. The molecule has 3 atom stereocenters. The smallest absolute Gasteiger partial charge is 0.247 e. The van der Waals surface area contributed by atoms with Crippen LogP contribution in [0, 0.1) is 3.57 Å². The van der Waals surface area contributed by atoms with Crippen LogP contribution in [0.3, 0.4) is 0 Å². The topological polar surface area (TPSA) is 108 Å². The Morgan fingerprint density at radius 1 is 1.14 bits per heavy atom. The summed E-state index contributed by atoms with van der Waals surface area (Å²) in [7, 11) is 0. The minimum Gasteiger partial charge on any atom is -0.482 e. The third kappa shape index (κ3) is 8.53. The number of para-hydroxylation sites is 1. The summed E-state index contributed by atoms with van der Waals surface area (Å²) in [6.45, 7) is 3.26. The van der Waals surface area contributed by atoms with Crippen LogP contribution in [0.4, 0.5) is 0 Å². The van der Waals surface area contributed by atoms with Crippen LogP contribution >= 0.6 is 22.6 Å². The largest absolute Gasteiger partial charge is 0.482 e. The third-order valence-corrected chi connectivity index (χ3v) is 7.02. The molecule has 3 rings (SSSR count). The van der Waals surface area contributed by atoms with E-state index < -0.39 is 18.2 Å². The van der Waals surface area contributed by atoms with Crippen molar-refractivity contribution < 1.29 is 29.3 Å². The van der Waals surface area contributed by atoms with Crippen LogP contribution in [-0.4, -0.2) is 78.1 Å². The molecule has 0 saturated carbocycles. The van der Waals surface area contributed by atoms with Crippen molar-refractivity contribution in [2.24, 2.45) is 0 Å². The summed E-state index contributed by atoms with van der Waals surface area (Å²) in [6.07, 6.45) is 0.656. The molecule has 2 amide bonds. The van der Waals surface area contributed by atoms with Crippen LogP contribution in [0.15, 0.2) is 66.2 Å². The molecular formula is C28H35IN2O6. The summed E-state index contributed by atoms with van der Waals surface area (Å²) in [6, 6.07) is 16.2. The van der Waals surface area contributed by atoms with Gasteiger partial charge < -0.3 is 29.9 Å². The van der Waals surface area contributed by atoms with Crippen LogP contribution < -0.4 is 10.1 Å². The molecule has 9 heteroatoms. The number of nitrogens with zero attached hydrogens (tertiary/aromatic N) is 1. The molecule has 0 spiro atoms. The van der Waals surface area contributed by atoms with Gasteiger partial charge in [0.2, 0.25) is 11.8 Å². The zero-order valence-corrected chi connectivity index (χ0v) is 23.2. The number of aliphatic hydroxyl groups excluding tert-OH is 2. The average molecular weight is 623 g/mol. The number of hydrogen-bond donors (Lipinski definition) is 3. The van der Waals surface area contributed by atoms with Gasteiger partial charge in [-0.2, -0.15) is 0 Å². The SMILES string of the molecule is CCOCCCN(C(=O)Cc1ccccc1)C1CC(C(=O)NCCO)=CC(Oc2ccccc2I)C1O. The second kappa shape index (κ2) is 15.1. The van der Waals surface area contributed by atoms with Gasteiger partial charge in [0.05, 0.1) is 22.6 Å². The Morgan fingerprint density at radius 2 is 1.86 bits per heavy atom. The summed E-state index contributed by atoms with van der Waals surface area (Å²) in [4.78, 5) is 28.1. The van der Waals surface area contributed by atoms with Gasteiger partial charge in [0, 0.05) is 38.3 Å². The van der Waals surface area contributed by atoms with E-state index in [1.165, 1.54) is 0 Å². The second-order valence-corrected chi connectivity index (χ2v) is 9.91. The minimum atomic E-state index is -1.06. The lowest BCUT2D eigenvalue weighted by Gasteiger charge is -2.40. The van der Waals surface area contributed by atoms with E-state index >= 15 is 0 Å². The zero-order chi connectivity index (χ0) is 26.6. The molecule has 0 saturated heterocycles. The van der Waals surface area contributed by atoms with Crippen molar-refractivity contribution in [3.63, 3.8) is 0 Å². The quantitative estimate of drug-likeness (QED) is 0.234. The van der Waals surface area contributed by atoms with E-state index in [-0.39, 0.29) is 37.8 Å². The highest BCUT2D eigenvalue weighted by Gasteiger charge is 2.40. The van der Waals surface area contributed by atoms with E-state index in [9.17, 15) is 14.7 Å². The molecule has 3 unspecified atom stereocenters. The molecule has 1 aliphatic rings. The standard InChI is InChI=1S/C28H35IN2O6/c1-2-36-16-8-14-31(26(33)17-20-9-4-3-5-10-20)23-18-21(28(35)30-13-15-32)19-25(27(23)34)37-24-12-7-6-11-22(24)29/h3-7,9-12,19,23,25,27,32,34H,2,8,13-18H2,1H3,(H,30,35). The van der Waals surface area contributed by atoms with Gasteiger partial charge in [-0.1, -0.05) is 42.5 Å². The normalized spacial score (nSPS) is 19.1. The molecule has 0 fully saturated rings. The number of carbonyl (C=O) groups is 2. The molecule has 3 N–H and O–H groups in total. The second-order valence-electron chi connectivity index (χ2n) is 8.75. The van der Waals surface area contributed by atoms with Gasteiger partial charge >= 0.3 is 0 Å². The lowest BCUT2D eigenvalue weighted by atomic mass is 9.87. The molecule has 0 heterocycles. The predicted molar refractivity (Wildman–Crippen MR) is 149 cm³/mol. The highest BCUT2D eigenvalue weighted by molar-refractivity contribution is 14.1. The van der Waals surface area contributed by atoms with Crippen LogP contribution in [0.2, 0.25) is 0 Å². The van der Waals surface area contributed by atoms with Crippen molar-refractivity contribution in [3.05, 3.63) is 75.4 Å². The van der Waals surface area contributed by atoms with Gasteiger partial charge in [0.25, 0.3) is 0 Å². The van der Waals surface area contributed by atoms with E-state index in [0.29, 0.717) is 37.5 Å². The van der Waals surface area contributed by atoms with E-state index in [4.69, 9.17) is 14.6 Å². The maximum atomic E-state index is 13.6. The van der Waals surface area contributed by atoms with E-state index in [0.717, 1.165) is 9.13 Å². The highest BCUT2D eigenvalue weighted by Crippen LogP contribution is 2.30. The van der Waals surface area contributed by atoms with Gasteiger partial charge in [-0.15, -0.1) is 0 Å². The molecule has 200 valence electrons. The van der Waals surface area contributed by atoms with Crippen molar-refractivity contribution in [2.45, 2.75) is 44.4 Å². The van der Waals surface area contributed by atoms with Gasteiger partial charge in [-0.25, -0.2) is 0 Å². The number of nitrogens with one attached hydrogen (secondary N) is 1. The minimum absolute atomic E-state index is 0.108. The van der Waals surface area contributed by atoms with E-state index in [1.54, 1.807) is 17.0 Å². The van der Waals surface area contributed by atoms with Gasteiger partial charge in [0.15, 0.2) is 0 Å². The lowest BCUT2D eigenvalue weighted by molar-refractivity contribution is -0.138. The summed E-state index contributed by atoms with van der Waals surface area (Å²) in [5, 5.41) is 23.3. The number of halogens is 1. The van der Waals surface area contributed by atoms with E-state index in [1.807, 2.05) is 55.5 Å². The number of ether oxygens (including phenoxy) is 2. The van der Waals surface area contributed by atoms with E-state index in [2.05, 4.69) is 27.9 Å². The van der Waals surface area contributed by atoms with Crippen LogP contribution in [0.1, 0.15) is 25.3 Å². The Bertz CT molecular complexity index is 1050. The molecule has 0 aromatic heterocycles. The summed E-state index contributed by atoms with van der Waals surface area (Å²) in [5.41, 5.74) is 1.28. The van der Waals surface area contributed by atoms with Crippen molar-refractivity contribution in [1.29, 1.82) is 0 Å². The van der Waals surface area contributed by atoms with Crippen molar-refractivity contribution in [2.75, 3.05) is 32.9 Å². The summed E-state index contributed by atoms with van der Waals surface area (Å²) < 4.78 is 12.5. The molecule has 0 bridgehead atoms. The van der Waals surface area contributed by atoms with Crippen LogP contribution in [-0.2, 0) is 20.7 Å². The third-order valence-electron chi connectivity index (χ3n) is 6.12.